The number of carbonyl (C=O) groups excluding carboxylic acids is 2. The largest absolute Gasteiger partial charge is 0.481 e. The quantitative estimate of drug-likeness (QED) is 0.545. The fraction of sp³-hybridized carbons (Fsp3) is 0.700. The molecule has 1 rings (SSSR count). The molecule has 1 atom stereocenters. The van der Waals surface area contributed by atoms with Crippen LogP contribution in [-0.4, -0.2) is 60.2 Å². The van der Waals surface area contributed by atoms with Crippen LogP contribution in [0.5, 0.6) is 0 Å². The number of carboxylic acids is 1. The van der Waals surface area contributed by atoms with Crippen LogP contribution in [0.4, 0.5) is 0 Å². The Morgan fingerprint density at radius 1 is 1.33 bits per heavy atom. The van der Waals surface area contributed by atoms with E-state index in [2.05, 4.69) is 10.7 Å². The third-order valence-corrected chi connectivity index (χ3v) is 2.35. The number of carboxylic acid groups (broad SMARTS) is 1. The first-order valence-corrected chi connectivity index (χ1v) is 5.61. The highest BCUT2D eigenvalue weighted by Crippen LogP contribution is 1.97. The molecule has 8 heteroatoms. The highest BCUT2D eigenvalue weighted by Gasteiger charge is 2.24. The van der Waals surface area contributed by atoms with Crippen molar-refractivity contribution in [3.8, 4) is 0 Å². The molecular weight excluding hydrogens is 242 g/mol. The number of nitrogens with one attached hydrogen (secondary N) is 2. The minimum atomic E-state index is -1.15. The van der Waals surface area contributed by atoms with Gasteiger partial charge in [0.05, 0.1) is 19.6 Å². The number of amides is 2. The molecule has 0 unspecified atom stereocenters. The van der Waals surface area contributed by atoms with Crippen LogP contribution in [0.3, 0.4) is 0 Å². The topological polar surface area (TPSA) is 108 Å². The van der Waals surface area contributed by atoms with Gasteiger partial charge in [0.1, 0.15) is 6.04 Å². The summed E-state index contributed by atoms with van der Waals surface area (Å²) in [4.78, 5) is 33.3. The first-order chi connectivity index (χ1) is 8.49. The van der Waals surface area contributed by atoms with E-state index in [0.717, 1.165) is 0 Å². The summed E-state index contributed by atoms with van der Waals surface area (Å²) < 4.78 is 5.11. The van der Waals surface area contributed by atoms with Crippen molar-refractivity contribution in [2.75, 3.05) is 26.3 Å². The number of ether oxygens (including phenoxy) is 1. The molecule has 0 aromatic rings. The molecule has 1 fully saturated rings. The zero-order valence-electron chi connectivity index (χ0n) is 10.1. The lowest BCUT2D eigenvalue weighted by Gasteiger charge is -2.28. The summed E-state index contributed by atoms with van der Waals surface area (Å²) >= 11 is 0. The summed E-state index contributed by atoms with van der Waals surface area (Å²) in [7, 11) is 0. The number of morpholine rings is 1. The molecule has 0 radical (unpaired) electrons. The number of hydrogen-bond donors (Lipinski definition) is 3. The second-order valence-corrected chi connectivity index (χ2v) is 3.93. The SMILES string of the molecule is CC(=O)N[C@@H](CC(=O)O)C(=O)NN1CCOCC1. The van der Waals surface area contributed by atoms with Crippen LogP contribution in [0.25, 0.3) is 0 Å². The molecule has 0 aromatic carbocycles. The van der Waals surface area contributed by atoms with E-state index in [1.807, 2.05) is 0 Å². The van der Waals surface area contributed by atoms with Crippen LogP contribution in [0.15, 0.2) is 0 Å². The van der Waals surface area contributed by atoms with E-state index in [4.69, 9.17) is 9.84 Å². The zero-order valence-corrected chi connectivity index (χ0v) is 10.1. The second-order valence-electron chi connectivity index (χ2n) is 3.93. The van der Waals surface area contributed by atoms with E-state index in [9.17, 15) is 14.4 Å². The van der Waals surface area contributed by atoms with E-state index in [1.165, 1.54) is 6.92 Å². The van der Waals surface area contributed by atoms with Crippen LogP contribution < -0.4 is 10.7 Å². The van der Waals surface area contributed by atoms with E-state index >= 15 is 0 Å². The van der Waals surface area contributed by atoms with Crippen molar-refractivity contribution in [1.82, 2.24) is 15.8 Å². The first kappa shape index (κ1) is 14.4. The van der Waals surface area contributed by atoms with Crippen molar-refractivity contribution in [1.29, 1.82) is 0 Å². The Balaban J connectivity index is 2.51. The fourth-order valence-corrected chi connectivity index (χ4v) is 1.54. The number of nitrogens with zero attached hydrogens (tertiary/aromatic N) is 1. The highest BCUT2D eigenvalue weighted by molar-refractivity contribution is 5.89. The molecule has 0 aromatic heterocycles. The normalized spacial score (nSPS) is 17.8. The van der Waals surface area contributed by atoms with Gasteiger partial charge in [-0.05, 0) is 0 Å². The molecule has 3 N–H and O–H groups in total. The van der Waals surface area contributed by atoms with Gasteiger partial charge in [-0.2, -0.15) is 0 Å². The van der Waals surface area contributed by atoms with E-state index in [0.29, 0.717) is 26.3 Å². The molecule has 0 saturated carbocycles. The minimum Gasteiger partial charge on any atom is -0.481 e. The van der Waals surface area contributed by atoms with Gasteiger partial charge in [-0.15, -0.1) is 0 Å². The Morgan fingerprint density at radius 2 is 1.94 bits per heavy atom. The number of hydrogen-bond acceptors (Lipinski definition) is 5. The molecule has 0 bridgehead atoms. The van der Waals surface area contributed by atoms with Crippen molar-refractivity contribution < 1.29 is 24.2 Å². The van der Waals surface area contributed by atoms with Crippen LogP contribution >= 0.6 is 0 Å². The molecule has 2 amide bonds. The molecule has 1 heterocycles. The fourth-order valence-electron chi connectivity index (χ4n) is 1.54. The zero-order chi connectivity index (χ0) is 13.5. The van der Waals surface area contributed by atoms with Crippen LogP contribution in [0, 0.1) is 0 Å². The molecule has 8 nitrogen and oxygen atoms in total. The number of aliphatic carboxylic acids is 1. The van der Waals surface area contributed by atoms with Gasteiger partial charge in [0.2, 0.25) is 5.91 Å². The van der Waals surface area contributed by atoms with Gasteiger partial charge in [-0.25, -0.2) is 5.01 Å². The molecule has 102 valence electrons. The van der Waals surface area contributed by atoms with Crippen molar-refractivity contribution >= 4 is 17.8 Å². The molecular formula is C10H17N3O5. The molecule has 1 saturated heterocycles. The van der Waals surface area contributed by atoms with Crippen molar-refractivity contribution in [3.05, 3.63) is 0 Å². The summed E-state index contributed by atoms with van der Waals surface area (Å²) in [5.74, 6) is -2.13. The minimum absolute atomic E-state index is 0.446. The number of hydrazine groups is 1. The Labute approximate surface area is 104 Å². The summed E-state index contributed by atoms with van der Waals surface area (Å²) in [6, 6.07) is -1.07. The average molecular weight is 259 g/mol. The lowest BCUT2D eigenvalue weighted by atomic mass is 10.2. The smallest absolute Gasteiger partial charge is 0.305 e. The van der Waals surface area contributed by atoms with Crippen molar-refractivity contribution in [2.24, 2.45) is 0 Å². The maximum Gasteiger partial charge on any atom is 0.305 e. The summed E-state index contributed by atoms with van der Waals surface area (Å²) in [5, 5.41) is 12.6. The summed E-state index contributed by atoms with van der Waals surface area (Å²) in [6.45, 7) is 3.31. The van der Waals surface area contributed by atoms with Crippen molar-refractivity contribution in [3.63, 3.8) is 0 Å². The lowest BCUT2D eigenvalue weighted by Crippen LogP contribution is -2.55. The molecule has 1 aliphatic rings. The Morgan fingerprint density at radius 3 is 2.44 bits per heavy atom. The Kier molecular flexibility index (Phi) is 5.53. The van der Waals surface area contributed by atoms with Gasteiger partial charge in [0, 0.05) is 20.0 Å². The first-order valence-electron chi connectivity index (χ1n) is 5.61. The van der Waals surface area contributed by atoms with Crippen LogP contribution in [0.2, 0.25) is 0 Å². The predicted molar refractivity (Wildman–Crippen MR) is 60.4 cm³/mol. The molecule has 18 heavy (non-hydrogen) atoms. The van der Waals surface area contributed by atoms with E-state index in [1.54, 1.807) is 5.01 Å². The molecule has 0 aliphatic carbocycles. The number of rotatable bonds is 5. The third-order valence-electron chi connectivity index (χ3n) is 2.35. The monoisotopic (exact) mass is 259 g/mol. The van der Waals surface area contributed by atoms with Crippen LogP contribution in [-0.2, 0) is 19.1 Å². The standard InChI is InChI=1S/C10H17N3O5/c1-7(14)11-8(6-9(15)16)10(17)12-13-2-4-18-5-3-13/h8H,2-6H2,1H3,(H,11,14)(H,12,17)(H,15,16)/t8-/m0/s1. The van der Waals surface area contributed by atoms with Gasteiger partial charge in [-0.3, -0.25) is 19.8 Å². The third kappa shape index (κ3) is 5.11. The van der Waals surface area contributed by atoms with Gasteiger partial charge in [-0.1, -0.05) is 0 Å². The summed E-state index contributed by atoms with van der Waals surface area (Å²) in [6.07, 6.45) is -0.449. The van der Waals surface area contributed by atoms with E-state index < -0.39 is 30.2 Å². The Bertz CT molecular complexity index is 311. The Hall–Kier alpha value is -1.67. The van der Waals surface area contributed by atoms with Crippen LogP contribution in [0.1, 0.15) is 13.3 Å². The van der Waals surface area contributed by atoms with E-state index in [-0.39, 0.29) is 0 Å². The average Bonchev–Trinajstić information content (AvgIpc) is 2.28. The maximum absolute atomic E-state index is 11.8. The highest BCUT2D eigenvalue weighted by atomic mass is 16.5. The second kappa shape index (κ2) is 6.92. The predicted octanol–water partition coefficient (Wildman–Crippen LogP) is -1.67. The maximum atomic E-state index is 11.8. The summed E-state index contributed by atoms with van der Waals surface area (Å²) in [5.41, 5.74) is 2.57. The van der Waals surface area contributed by atoms with Gasteiger partial charge < -0.3 is 15.2 Å². The molecule has 0 spiro atoms. The lowest BCUT2D eigenvalue weighted by molar-refractivity contribution is -0.142. The molecule has 1 aliphatic heterocycles. The van der Waals surface area contributed by atoms with Crippen molar-refractivity contribution in [2.45, 2.75) is 19.4 Å². The van der Waals surface area contributed by atoms with Gasteiger partial charge in [0.15, 0.2) is 0 Å². The number of carbonyl (C=O) groups is 3. The van der Waals surface area contributed by atoms with Gasteiger partial charge in [0.25, 0.3) is 5.91 Å². The van der Waals surface area contributed by atoms with Gasteiger partial charge >= 0.3 is 5.97 Å².